The van der Waals surface area contributed by atoms with E-state index < -0.39 is 36.0 Å². The molecular weight excluding hydrogens is 564 g/mol. The van der Waals surface area contributed by atoms with Crippen LogP contribution in [0.3, 0.4) is 0 Å². The number of piperidine rings is 1. The molecule has 11 heteroatoms. The molecule has 1 aliphatic rings. The summed E-state index contributed by atoms with van der Waals surface area (Å²) in [5, 5.41) is 20.1. The van der Waals surface area contributed by atoms with Gasteiger partial charge in [0.2, 0.25) is 17.7 Å². The van der Waals surface area contributed by atoms with Gasteiger partial charge in [-0.05, 0) is 55.4 Å². The summed E-state index contributed by atoms with van der Waals surface area (Å²) in [5.74, 6) is -0.864. The molecule has 0 saturated carbocycles. The van der Waals surface area contributed by atoms with Crippen LogP contribution in [0.15, 0.2) is 54.6 Å². The highest BCUT2D eigenvalue weighted by atomic mass is 16.5. The maximum atomic E-state index is 13.6. The van der Waals surface area contributed by atoms with Crippen LogP contribution in [-0.4, -0.2) is 85.7 Å². The monoisotopic (exact) mass is 610 g/mol. The van der Waals surface area contributed by atoms with E-state index in [9.17, 15) is 24.3 Å². The summed E-state index contributed by atoms with van der Waals surface area (Å²) in [6.07, 6.45) is 2.27. The van der Waals surface area contributed by atoms with Crippen LogP contribution in [0, 0.1) is 0 Å². The molecule has 0 aromatic heterocycles. The Kier molecular flexibility index (Phi) is 14.6. The molecule has 1 heterocycles. The highest BCUT2D eigenvalue weighted by Crippen LogP contribution is 2.14. The number of ether oxygens (including phenoxy) is 2. The fourth-order valence-corrected chi connectivity index (χ4v) is 5.15. The molecule has 44 heavy (non-hydrogen) atoms. The molecule has 4 N–H and O–H groups in total. The van der Waals surface area contributed by atoms with Crippen LogP contribution < -0.4 is 20.7 Å². The number of likely N-dealkylation sites (tertiary alicyclic amines) is 1. The first kappa shape index (κ1) is 34.5. The standard InChI is InChI=1S/C33H46N4O7/c1-43-26-13-9-12-25(20-26)22-34-23-29(38)28(21-24-10-5-3-6-11-24)36-33(42)27(35-30(39)15-17-32(41)44-2)14-16-31(40)37-18-7-4-8-19-37/h3,5-6,9-13,20,27-29,34,38H,4,7-8,14-19,21-23H2,1-2H3,(H,35,39)(H,36,42)/t27-,28-,29+/m0/s1. The molecule has 3 rings (SSSR count). The second-order valence-corrected chi connectivity index (χ2v) is 11.0. The predicted octanol–water partition coefficient (Wildman–Crippen LogP) is 2.10. The summed E-state index contributed by atoms with van der Waals surface area (Å²) in [4.78, 5) is 52.6. The maximum Gasteiger partial charge on any atom is 0.306 e. The number of rotatable bonds is 17. The number of hydrogen-bond donors (Lipinski definition) is 4. The first-order valence-corrected chi connectivity index (χ1v) is 15.3. The van der Waals surface area contributed by atoms with Gasteiger partial charge in [0.25, 0.3) is 0 Å². The molecule has 1 aliphatic heterocycles. The van der Waals surface area contributed by atoms with Crippen LogP contribution in [0.5, 0.6) is 5.75 Å². The Hall–Kier alpha value is -3.96. The van der Waals surface area contributed by atoms with E-state index in [-0.39, 0.29) is 38.1 Å². The van der Waals surface area contributed by atoms with Gasteiger partial charge in [0.05, 0.1) is 32.8 Å². The van der Waals surface area contributed by atoms with Crippen LogP contribution in [0.25, 0.3) is 0 Å². The zero-order valence-electron chi connectivity index (χ0n) is 25.8. The van der Waals surface area contributed by atoms with Crippen molar-refractivity contribution in [3.8, 4) is 5.75 Å². The Morgan fingerprint density at radius 2 is 1.61 bits per heavy atom. The third-order valence-corrected chi connectivity index (χ3v) is 7.70. The van der Waals surface area contributed by atoms with Crippen molar-refractivity contribution in [1.82, 2.24) is 20.9 Å². The minimum absolute atomic E-state index is 0.0612. The van der Waals surface area contributed by atoms with Crippen molar-refractivity contribution in [2.24, 2.45) is 0 Å². The van der Waals surface area contributed by atoms with E-state index in [2.05, 4.69) is 20.7 Å². The highest BCUT2D eigenvalue weighted by Gasteiger charge is 2.28. The van der Waals surface area contributed by atoms with Gasteiger partial charge in [-0.25, -0.2) is 0 Å². The number of hydrogen-bond acceptors (Lipinski definition) is 8. The molecule has 11 nitrogen and oxygen atoms in total. The predicted molar refractivity (Wildman–Crippen MR) is 166 cm³/mol. The first-order chi connectivity index (χ1) is 21.3. The smallest absolute Gasteiger partial charge is 0.306 e. The van der Waals surface area contributed by atoms with Gasteiger partial charge in [0.15, 0.2) is 0 Å². The highest BCUT2D eigenvalue weighted by molar-refractivity contribution is 5.89. The summed E-state index contributed by atoms with van der Waals surface area (Å²) < 4.78 is 9.90. The fraction of sp³-hybridized carbons (Fsp3) is 0.515. The van der Waals surface area contributed by atoms with Crippen molar-refractivity contribution < 1.29 is 33.8 Å². The van der Waals surface area contributed by atoms with Crippen molar-refractivity contribution in [2.45, 2.75) is 76.1 Å². The summed E-state index contributed by atoms with van der Waals surface area (Å²) in [6.45, 7) is 2.06. The molecule has 0 spiro atoms. The van der Waals surface area contributed by atoms with E-state index in [0.717, 1.165) is 36.1 Å². The molecule has 2 aromatic rings. The van der Waals surface area contributed by atoms with Crippen LogP contribution in [0.4, 0.5) is 0 Å². The molecule has 1 fully saturated rings. The Balaban J connectivity index is 1.69. The quantitative estimate of drug-likeness (QED) is 0.199. The van der Waals surface area contributed by atoms with Crippen molar-refractivity contribution in [3.05, 3.63) is 65.7 Å². The normalized spacial score (nSPS) is 15.0. The van der Waals surface area contributed by atoms with Gasteiger partial charge in [-0.15, -0.1) is 0 Å². The van der Waals surface area contributed by atoms with Crippen molar-refractivity contribution in [3.63, 3.8) is 0 Å². The maximum absolute atomic E-state index is 13.6. The largest absolute Gasteiger partial charge is 0.497 e. The van der Waals surface area contributed by atoms with Gasteiger partial charge in [0.1, 0.15) is 11.8 Å². The van der Waals surface area contributed by atoms with E-state index in [0.29, 0.717) is 26.1 Å². The van der Waals surface area contributed by atoms with Gasteiger partial charge < -0.3 is 35.4 Å². The number of amides is 3. The molecule has 3 amide bonds. The summed E-state index contributed by atoms with van der Waals surface area (Å²) in [5.41, 5.74) is 1.90. The third-order valence-electron chi connectivity index (χ3n) is 7.70. The number of carbonyl (C=O) groups is 4. The molecule has 1 saturated heterocycles. The van der Waals surface area contributed by atoms with E-state index in [4.69, 9.17) is 4.74 Å². The number of aliphatic hydroxyl groups is 1. The lowest BCUT2D eigenvalue weighted by Crippen LogP contribution is -2.55. The molecule has 240 valence electrons. The number of carbonyl (C=O) groups excluding carboxylic acids is 4. The topological polar surface area (TPSA) is 146 Å². The number of aliphatic hydroxyl groups excluding tert-OH is 1. The first-order valence-electron chi connectivity index (χ1n) is 15.3. The summed E-state index contributed by atoms with van der Waals surface area (Å²) in [6, 6.07) is 15.4. The summed E-state index contributed by atoms with van der Waals surface area (Å²) in [7, 11) is 2.85. The van der Waals surface area contributed by atoms with E-state index in [1.165, 1.54) is 7.11 Å². The number of nitrogens with zero attached hydrogens (tertiary/aromatic N) is 1. The average Bonchev–Trinajstić information content (AvgIpc) is 3.05. The minimum atomic E-state index is -1.02. The number of benzene rings is 2. The van der Waals surface area contributed by atoms with Crippen molar-refractivity contribution in [1.29, 1.82) is 0 Å². The van der Waals surface area contributed by atoms with Crippen LogP contribution in [-0.2, 0) is 36.9 Å². The third kappa shape index (κ3) is 12.0. The zero-order chi connectivity index (χ0) is 31.7. The Morgan fingerprint density at radius 3 is 2.32 bits per heavy atom. The van der Waals surface area contributed by atoms with Gasteiger partial charge in [-0.3, -0.25) is 19.2 Å². The molecule has 2 aromatic carbocycles. The Labute approximate surface area is 259 Å². The van der Waals surface area contributed by atoms with Gasteiger partial charge in [-0.1, -0.05) is 42.5 Å². The summed E-state index contributed by atoms with van der Waals surface area (Å²) >= 11 is 0. The number of nitrogens with one attached hydrogen (secondary N) is 3. The lowest BCUT2D eigenvalue weighted by Gasteiger charge is -2.29. The minimum Gasteiger partial charge on any atom is -0.497 e. The van der Waals surface area contributed by atoms with Gasteiger partial charge in [0, 0.05) is 39.0 Å². The SMILES string of the molecule is COC(=O)CCC(=O)N[C@@H](CCC(=O)N1CCCCC1)C(=O)N[C@@H](Cc1ccccc1)[C@H](O)CNCc1cccc(OC)c1. The second kappa shape index (κ2) is 18.6. The van der Waals surface area contributed by atoms with Gasteiger partial charge in [-0.2, -0.15) is 0 Å². The average molecular weight is 611 g/mol. The molecule has 0 radical (unpaired) electrons. The van der Waals surface area contributed by atoms with Gasteiger partial charge >= 0.3 is 5.97 Å². The van der Waals surface area contributed by atoms with E-state index >= 15 is 0 Å². The van der Waals surface area contributed by atoms with Crippen LogP contribution in [0.1, 0.15) is 56.1 Å². The lowest BCUT2D eigenvalue weighted by molar-refractivity contribution is -0.142. The molecular formula is C33H46N4O7. The zero-order valence-corrected chi connectivity index (χ0v) is 25.8. The Morgan fingerprint density at radius 1 is 0.886 bits per heavy atom. The number of esters is 1. The Bertz CT molecular complexity index is 1200. The van der Waals surface area contributed by atoms with Crippen molar-refractivity contribution >= 4 is 23.7 Å². The lowest BCUT2D eigenvalue weighted by atomic mass is 9.99. The van der Waals surface area contributed by atoms with E-state index in [1.807, 2.05) is 54.6 Å². The molecule has 3 atom stereocenters. The van der Waals surface area contributed by atoms with Crippen molar-refractivity contribution in [2.75, 3.05) is 33.9 Å². The van der Waals surface area contributed by atoms with Crippen LogP contribution >= 0.6 is 0 Å². The van der Waals surface area contributed by atoms with E-state index in [1.54, 1.807) is 12.0 Å². The molecule has 0 bridgehead atoms. The molecule has 0 aliphatic carbocycles. The number of methoxy groups -OCH3 is 2. The fourth-order valence-electron chi connectivity index (χ4n) is 5.15. The second-order valence-electron chi connectivity index (χ2n) is 11.0. The van der Waals surface area contributed by atoms with Crippen LogP contribution in [0.2, 0.25) is 0 Å². The molecule has 0 unspecified atom stereocenters.